The number of carbonyl (C=O) groups is 2. The van der Waals surface area contributed by atoms with Crippen LogP contribution in [0.3, 0.4) is 0 Å². The molecule has 3 atom stereocenters. The summed E-state index contributed by atoms with van der Waals surface area (Å²) in [5.41, 5.74) is 1.90. The van der Waals surface area contributed by atoms with Gasteiger partial charge in [-0.15, -0.1) is 0 Å². The van der Waals surface area contributed by atoms with Gasteiger partial charge in [-0.25, -0.2) is 0 Å². The Bertz CT molecular complexity index is 646. The van der Waals surface area contributed by atoms with E-state index in [1.165, 1.54) is 25.7 Å². The van der Waals surface area contributed by atoms with Crippen LogP contribution in [0.1, 0.15) is 49.4 Å². The average Bonchev–Trinajstić information content (AvgIpc) is 3.25. The van der Waals surface area contributed by atoms with Crippen LogP contribution in [0.2, 0.25) is 0 Å². The van der Waals surface area contributed by atoms with Crippen LogP contribution in [0.5, 0.6) is 0 Å². The quantitative estimate of drug-likeness (QED) is 0.789. The molecule has 3 fully saturated rings. The Morgan fingerprint density at radius 1 is 1.00 bits per heavy atom. The number of piperazine rings is 1. The molecule has 1 amide bonds. The van der Waals surface area contributed by atoms with Crippen molar-refractivity contribution in [2.24, 2.45) is 17.8 Å². The highest BCUT2D eigenvalue weighted by atomic mass is 16.2. The minimum absolute atomic E-state index is 0.0996. The molecule has 3 aliphatic rings. The number of Topliss-reactive ketones (excluding diaryl/α,β-unsaturated/α-hetero) is 1. The fourth-order valence-electron chi connectivity index (χ4n) is 5.10. The van der Waals surface area contributed by atoms with Crippen molar-refractivity contribution in [2.75, 3.05) is 31.1 Å². The third-order valence-electron chi connectivity index (χ3n) is 6.59. The van der Waals surface area contributed by atoms with Crippen LogP contribution in [-0.2, 0) is 4.79 Å². The SMILES string of the molecule is CC(=O)c1ccc(N2CCN(C(=O)C[C@H]3C[C@@H]4CC[C@@H]3C4)CC2)cc1. The highest BCUT2D eigenvalue weighted by molar-refractivity contribution is 5.94. The van der Waals surface area contributed by atoms with E-state index < -0.39 is 0 Å². The molecule has 2 saturated carbocycles. The molecular weight excluding hydrogens is 312 g/mol. The first-order valence-electron chi connectivity index (χ1n) is 9.74. The smallest absolute Gasteiger partial charge is 0.222 e. The summed E-state index contributed by atoms with van der Waals surface area (Å²) < 4.78 is 0. The van der Waals surface area contributed by atoms with E-state index in [2.05, 4.69) is 9.80 Å². The molecule has 0 spiro atoms. The van der Waals surface area contributed by atoms with Gasteiger partial charge in [0, 0.05) is 43.9 Å². The van der Waals surface area contributed by atoms with Gasteiger partial charge in [0.1, 0.15) is 0 Å². The first-order chi connectivity index (χ1) is 12.1. The molecule has 0 aromatic heterocycles. The lowest BCUT2D eigenvalue weighted by Crippen LogP contribution is -2.49. The van der Waals surface area contributed by atoms with Gasteiger partial charge >= 0.3 is 0 Å². The van der Waals surface area contributed by atoms with E-state index in [9.17, 15) is 9.59 Å². The summed E-state index contributed by atoms with van der Waals surface area (Å²) in [4.78, 5) is 28.4. The predicted molar refractivity (Wildman–Crippen MR) is 98.8 cm³/mol. The van der Waals surface area contributed by atoms with Crippen molar-refractivity contribution in [2.45, 2.75) is 39.0 Å². The molecule has 0 radical (unpaired) electrons. The van der Waals surface area contributed by atoms with Crippen molar-refractivity contribution in [3.05, 3.63) is 29.8 Å². The van der Waals surface area contributed by atoms with Gasteiger partial charge in [0.05, 0.1) is 0 Å². The van der Waals surface area contributed by atoms with Crippen LogP contribution >= 0.6 is 0 Å². The monoisotopic (exact) mass is 340 g/mol. The number of hydrogen-bond donors (Lipinski definition) is 0. The van der Waals surface area contributed by atoms with Crippen LogP contribution in [0.4, 0.5) is 5.69 Å². The van der Waals surface area contributed by atoms with Crippen LogP contribution in [0.15, 0.2) is 24.3 Å². The highest BCUT2D eigenvalue weighted by Crippen LogP contribution is 2.49. The number of hydrogen-bond acceptors (Lipinski definition) is 3. The van der Waals surface area contributed by atoms with E-state index in [0.717, 1.165) is 55.7 Å². The summed E-state index contributed by atoms with van der Waals surface area (Å²) in [5, 5.41) is 0. The lowest BCUT2D eigenvalue weighted by Gasteiger charge is -2.37. The number of benzene rings is 1. The van der Waals surface area contributed by atoms with Crippen LogP contribution in [0.25, 0.3) is 0 Å². The minimum atomic E-state index is 0.0996. The molecule has 4 heteroatoms. The van der Waals surface area contributed by atoms with Crippen molar-refractivity contribution >= 4 is 17.4 Å². The van der Waals surface area contributed by atoms with E-state index in [4.69, 9.17) is 0 Å². The van der Waals surface area contributed by atoms with Crippen LogP contribution in [0, 0.1) is 17.8 Å². The fraction of sp³-hybridized carbons (Fsp3) is 0.619. The molecule has 2 aliphatic carbocycles. The summed E-state index contributed by atoms with van der Waals surface area (Å²) in [7, 11) is 0. The van der Waals surface area contributed by atoms with Crippen molar-refractivity contribution in [3.8, 4) is 0 Å². The Labute approximate surface area is 150 Å². The fourth-order valence-corrected chi connectivity index (χ4v) is 5.10. The van der Waals surface area contributed by atoms with E-state index in [-0.39, 0.29) is 5.78 Å². The Hall–Kier alpha value is -1.84. The number of rotatable bonds is 4. The van der Waals surface area contributed by atoms with E-state index in [0.29, 0.717) is 11.8 Å². The second-order valence-corrected chi connectivity index (χ2v) is 8.11. The maximum Gasteiger partial charge on any atom is 0.222 e. The molecule has 0 unspecified atom stereocenters. The molecule has 1 aromatic carbocycles. The molecule has 25 heavy (non-hydrogen) atoms. The summed E-state index contributed by atoms with van der Waals surface area (Å²) in [6, 6.07) is 7.82. The van der Waals surface area contributed by atoms with Crippen molar-refractivity contribution in [1.29, 1.82) is 0 Å². The standard InChI is InChI=1S/C21H28N2O2/c1-15(24)17-4-6-20(7-5-17)22-8-10-23(11-9-22)21(25)14-19-13-16-2-3-18(19)12-16/h4-7,16,18-19H,2-3,8-14H2,1H3/t16-,18-,19-/m1/s1. The van der Waals surface area contributed by atoms with Gasteiger partial charge in [0.15, 0.2) is 5.78 Å². The Morgan fingerprint density at radius 2 is 1.72 bits per heavy atom. The molecule has 1 saturated heterocycles. The van der Waals surface area contributed by atoms with Gasteiger partial charge in [0.2, 0.25) is 5.91 Å². The maximum absolute atomic E-state index is 12.7. The summed E-state index contributed by atoms with van der Waals surface area (Å²) in [6.07, 6.45) is 6.19. The van der Waals surface area contributed by atoms with Gasteiger partial charge in [-0.3, -0.25) is 9.59 Å². The van der Waals surface area contributed by atoms with Crippen LogP contribution in [-0.4, -0.2) is 42.8 Å². The molecular formula is C21H28N2O2. The largest absolute Gasteiger partial charge is 0.368 e. The van der Waals surface area contributed by atoms with Gasteiger partial charge in [0.25, 0.3) is 0 Å². The molecule has 0 N–H and O–H groups in total. The zero-order chi connectivity index (χ0) is 17.4. The maximum atomic E-state index is 12.7. The number of ketones is 1. The van der Waals surface area contributed by atoms with Crippen molar-refractivity contribution in [1.82, 2.24) is 4.90 Å². The molecule has 1 aromatic rings. The van der Waals surface area contributed by atoms with E-state index >= 15 is 0 Å². The third-order valence-corrected chi connectivity index (χ3v) is 6.59. The van der Waals surface area contributed by atoms with E-state index in [1.807, 2.05) is 24.3 Å². The lowest BCUT2D eigenvalue weighted by molar-refractivity contribution is -0.132. The highest BCUT2D eigenvalue weighted by Gasteiger charge is 2.40. The minimum Gasteiger partial charge on any atom is -0.368 e. The summed E-state index contributed by atoms with van der Waals surface area (Å²) in [5.74, 6) is 2.86. The number of anilines is 1. The number of fused-ring (bicyclic) bond motifs is 2. The van der Waals surface area contributed by atoms with Gasteiger partial charge < -0.3 is 9.80 Å². The van der Waals surface area contributed by atoms with E-state index in [1.54, 1.807) is 6.92 Å². The zero-order valence-electron chi connectivity index (χ0n) is 15.1. The molecule has 1 heterocycles. The molecule has 4 nitrogen and oxygen atoms in total. The normalized spacial score (nSPS) is 28.4. The molecule has 134 valence electrons. The molecule has 4 rings (SSSR count). The Morgan fingerprint density at radius 3 is 2.28 bits per heavy atom. The van der Waals surface area contributed by atoms with Gasteiger partial charge in [-0.05, 0) is 68.2 Å². The lowest BCUT2D eigenvalue weighted by atomic mass is 9.86. The van der Waals surface area contributed by atoms with Crippen LogP contribution < -0.4 is 4.90 Å². The van der Waals surface area contributed by atoms with Gasteiger partial charge in [-0.2, -0.15) is 0 Å². The Kier molecular flexibility index (Phi) is 4.53. The summed E-state index contributed by atoms with van der Waals surface area (Å²) >= 11 is 0. The zero-order valence-corrected chi connectivity index (χ0v) is 15.1. The topological polar surface area (TPSA) is 40.6 Å². The Balaban J connectivity index is 1.29. The predicted octanol–water partition coefficient (Wildman–Crippen LogP) is 3.36. The molecule has 2 bridgehead atoms. The average molecular weight is 340 g/mol. The number of carbonyl (C=O) groups excluding carboxylic acids is 2. The number of amides is 1. The van der Waals surface area contributed by atoms with Gasteiger partial charge in [-0.1, -0.05) is 6.42 Å². The summed E-state index contributed by atoms with van der Waals surface area (Å²) in [6.45, 7) is 4.97. The first-order valence-corrected chi connectivity index (χ1v) is 9.74. The van der Waals surface area contributed by atoms with Crippen molar-refractivity contribution < 1.29 is 9.59 Å². The second-order valence-electron chi connectivity index (χ2n) is 8.11. The number of nitrogens with zero attached hydrogens (tertiary/aromatic N) is 2. The third kappa shape index (κ3) is 3.44. The first kappa shape index (κ1) is 16.6. The second kappa shape index (κ2) is 6.81. The van der Waals surface area contributed by atoms with Crippen molar-refractivity contribution in [3.63, 3.8) is 0 Å². The molecule has 1 aliphatic heterocycles.